The Morgan fingerprint density at radius 3 is 2.74 bits per heavy atom. The third-order valence-corrected chi connectivity index (χ3v) is 4.00. The van der Waals surface area contributed by atoms with Gasteiger partial charge >= 0.3 is 0 Å². The van der Waals surface area contributed by atoms with Crippen molar-refractivity contribution >= 4 is 0 Å². The van der Waals surface area contributed by atoms with Gasteiger partial charge in [-0.25, -0.2) is 0 Å². The molecule has 1 N–H and O–H groups in total. The van der Waals surface area contributed by atoms with Crippen LogP contribution in [0, 0.1) is 0 Å². The van der Waals surface area contributed by atoms with E-state index in [1.165, 1.54) is 31.2 Å². The Morgan fingerprint density at radius 1 is 1.16 bits per heavy atom. The van der Waals surface area contributed by atoms with Crippen molar-refractivity contribution in [3.05, 3.63) is 29.8 Å². The van der Waals surface area contributed by atoms with Gasteiger partial charge in [-0.2, -0.15) is 0 Å². The Labute approximate surface area is 116 Å². The van der Waals surface area contributed by atoms with Gasteiger partial charge in [-0.3, -0.25) is 0 Å². The minimum Gasteiger partial charge on any atom is -0.496 e. The molecular weight excluding hydrogens is 238 g/mol. The maximum absolute atomic E-state index is 5.56. The number of hydrogen-bond acceptors (Lipinski definition) is 3. The first-order valence-electron chi connectivity index (χ1n) is 7.23. The average molecular weight is 263 g/mol. The molecule has 0 radical (unpaired) electrons. The van der Waals surface area contributed by atoms with Gasteiger partial charge in [-0.1, -0.05) is 31.0 Å². The molecule has 1 fully saturated rings. The smallest absolute Gasteiger partial charge is 0.122 e. The normalized spacial score (nSPS) is 23.3. The monoisotopic (exact) mass is 263 g/mol. The first-order valence-corrected chi connectivity index (χ1v) is 7.23. The zero-order valence-electron chi connectivity index (χ0n) is 12.0. The molecule has 0 saturated heterocycles. The van der Waals surface area contributed by atoms with Crippen LogP contribution in [-0.4, -0.2) is 32.9 Å². The molecule has 1 aliphatic rings. The molecule has 0 aromatic heterocycles. The van der Waals surface area contributed by atoms with Gasteiger partial charge in [-0.15, -0.1) is 0 Å². The van der Waals surface area contributed by atoms with Crippen molar-refractivity contribution in [2.45, 2.75) is 44.2 Å². The molecule has 106 valence electrons. The summed E-state index contributed by atoms with van der Waals surface area (Å²) in [6, 6.07) is 8.74. The Hall–Kier alpha value is -1.06. The molecule has 3 heteroatoms. The van der Waals surface area contributed by atoms with Gasteiger partial charge in [0.25, 0.3) is 0 Å². The molecule has 1 aliphatic carbocycles. The standard InChI is InChI=1S/C16H25NO2/c1-18-15-9-5-3-7-13(15)11-12-17-14-8-4-6-10-16(14)19-2/h3,5,7,9,14,16-17H,4,6,8,10-12H2,1-2H3/t14-,16-/m1/s1. The van der Waals surface area contributed by atoms with Gasteiger partial charge in [0, 0.05) is 13.2 Å². The van der Waals surface area contributed by atoms with Crippen molar-refractivity contribution in [3.63, 3.8) is 0 Å². The molecule has 1 aromatic carbocycles. The number of nitrogens with one attached hydrogen (secondary N) is 1. The summed E-state index contributed by atoms with van der Waals surface area (Å²) in [6.07, 6.45) is 6.39. The summed E-state index contributed by atoms with van der Waals surface area (Å²) in [4.78, 5) is 0. The number of rotatable bonds is 6. The molecule has 1 aromatic rings. The van der Waals surface area contributed by atoms with Crippen molar-refractivity contribution < 1.29 is 9.47 Å². The van der Waals surface area contributed by atoms with Crippen molar-refractivity contribution in [2.24, 2.45) is 0 Å². The van der Waals surface area contributed by atoms with E-state index in [9.17, 15) is 0 Å². The van der Waals surface area contributed by atoms with E-state index in [1.807, 2.05) is 19.2 Å². The van der Waals surface area contributed by atoms with Crippen LogP contribution in [0.2, 0.25) is 0 Å². The van der Waals surface area contributed by atoms with Crippen LogP contribution in [0.4, 0.5) is 0 Å². The quantitative estimate of drug-likeness (QED) is 0.856. The minimum absolute atomic E-state index is 0.381. The lowest BCUT2D eigenvalue weighted by atomic mass is 9.92. The average Bonchev–Trinajstić information content (AvgIpc) is 2.48. The predicted molar refractivity (Wildman–Crippen MR) is 77.8 cm³/mol. The zero-order valence-corrected chi connectivity index (χ0v) is 12.0. The highest BCUT2D eigenvalue weighted by Crippen LogP contribution is 2.21. The van der Waals surface area contributed by atoms with Crippen molar-refractivity contribution in [1.29, 1.82) is 0 Å². The van der Waals surface area contributed by atoms with Crippen molar-refractivity contribution in [2.75, 3.05) is 20.8 Å². The molecular formula is C16H25NO2. The van der Waals surface area contributed by atoms with Crippen LogP contribution in [0.15, 0.2) is 24.3 Å². The Morgan fingerprint density at radius 2 is 1.95 bits per heavy atom. The lowest BCUT2D eigenvalue weighted by Gasteiger charge is -2.31. The second-order valence-corrected chi connectivity index (χ2v) is 5.18. The summed E-state index contributed by atoms with van der Waals surface area (Å²) in [6.45, 7) is 0.977. The maximum Gasteiger partial charge on any atom is 0.122 e. The number of ether oxygens (including phenoxy) is 2. The molecule has 3 nitrogen and oxygen atoms in total. The number of hydrogen-bond donors (Lipinski definition) is 1. The topological polar surface area (TPSA) is 30.5 Å². The highest BCUT2D eigenvalue weighted by Gasteiger charge is 2.23. The van der Waals surface area contributed by atoms with E-state index in [1.54, 1.807) is 7.11 Å². The van der Waals surface area contributed by atoms with Crippen LogP contribution in [0.25, 0.3) is 0 Å². The molecule has 2 atom stereocenters. The molecule has 0 unspecified atom stereocenters. The summed E-state index contributed by atoms with van der Waals surface area (Å²) in [7, 11) is 3.55. The third kappa shape index (κ3) is 3.95. The van der Waals surface area contributed by atoms with E-state index >= 15 is 0 Å². The molecule has 0 amide bonds. The van der Waals surface area contributed by atoms with Crippen molar-refractivity contribution in [3.8, 4) is 5.75 Å². The van der Waals surface area contributed by atoms with Crippen LogP contribution in [0.5, 0.6) is 5.75 Å². The van der Waals surface area contributed by atoms with Crippen LogP contribution in [0.1, 0.15) is 31.2 Å². The minimum atomic E-state index is 0.381. The maximum atomic E-state index is 5.56. The van der Waals surface area contributed by atoms with Crippen LogP contribution >= 0.6 is 0 Å². The van der Waals surface area contributed by atoms with E-state index in [0.29, 0.717) is 12.1 Å². The number of benzene rings is 1. The predicted octanol–water partition coefficient (Wildman–Crippen LogP) is 2.78. The van der Waals surface area contributed by atoms with Gasteiger partial charge in [0.1, 0.15) is 5.75 Å². The summed E-state index contributed by atoms with van der Waals surface area (Å²) in [5.74, 6) is 0.983. The summed E-state index contributed by atoms with van der Waals surface area (Å²) in [5.41, 5.74) is 1.27. The van der Waals surface area contributed by atoms with Gasteiger partial charge in [0.2, 0.25) is 0 Å². The van der Waals surface area contributed by atoms with Crippen LogP contribution < -0.4 is 10.1 Å². The van der Waals surface area contributed by atoms with Gasteiger partial charge < -0.3 is 14.8 Å². The summed E-state index contributed by atoms with van der Waals surface area (Å²) >= 11 is 0. The summed E-state index contributed by atoms with van der Waals surface area (Å²) < 4.78 is 10.9. The lowest BCUT2D eigenvalue weighted by Crippen LogP contribution is -2.43. The SMILES string of the molecule is COc1ccccc1CCN[C@@H]1CCCC[C@H]1OC. The van der Waals surface area contributed by atoms with Gasteiger partial charge in [-0.05, 0) is 37.4 Å². The van der Waals surface area contributed by atoms with Crippen molar-refractivity contribution in [1.82, 2.24) is 5.32 Å². The van der Waals surface area contributed by atoms with Crippen LogP contribution in [-0.2, 0) is 11.2 Å². The van der Waals surface area contributed by atoms with E-state index in [4.69, 9.17) is 9.47 Å². The largest absolute Gasteiger partial charge is 0.496 e. The second-order valence-electron chi connectivity index (χ2n) is 5.18. The molecule has 0 bridgehead atoms. The third-order valence-electron chi connectivity index (χ3n) is 4.00. The van der Waals surface area contributed by atoms with E-state index in [0.717, 1.165) is 18.7 Å². The summed E-state index contributed by atoms with van der Waals surface area (Å²) in [5, 5.41) is 3.64. The fourth-order valence-electron chi connectivity index (χ4n) is 2.91. The Balaban J connectivity index is 1.82. The van der Waals surface area contributed by atoms with Gasteiger partial charge in [0.15, 0.2) is 0 Å². The zero-order chi connectivity index (χ0) is 13.5. The first kappa shape index (κ1) is 14.4. The fourth-order valence-corrected chi connectivity index (χ4v) is 2.91. The molecule has 1 saturated carbocycles. The fraction of sp³-hybridized carbons (Fsp3) is 0.625. The highest BCUT2D eigenvalue weighted by atomic mass is 16.5. The van der Waals surface area contributed by atoms with E-state index in [2.05, 4.69) is 17.4 Å². The second kappa shape index (κ2) is 7.51. The highest BCUT2D eigenvalue weighted by molar-refractivity contribution is 5.33. The van der Waals surface area contributed by atoms with E-state index < -0.39 is 0 Å². The van der Waals surface area contributed by atoms with Gasteiger partial charge in [0.05, 0.1) is 13.2 Å². The number of methoxy groups -OCH3 is 2. The number of para-hydroxylation sites is 1. The molecule has 0 aliphatic heterocycles. The molecule has 19 heavy (non-hydrogen) atoms. The van der Waals surface area contributed by atoms with E-state index in [-0.39, 0.29) is 0 Å². The lowest BCUT2D eigenvalue weighted by molar-refractivity contribution is 0.0421. The van der Waals surface area contributed by atoms with Crippen LogP contribution in [0.3, 0.4) is 0 Å². The molecule has 2 rings (SSSR count). The Kier molecular flexibility index (Phi) is 5.67. The molecule has 0 heterocycles. The first-order chi connectivity index (χ1) is 9.35. The Bertz CT molecular complexity index is 381. The molecule has 0 spiro atoms.